The van der Waals surface area contributed by atoms with Gasteiger partial charge in [0.2, 0.25) is 0 Å². The molecule has 18 heavy (non-hydrogen) atoms. The molecule has 2 N–H and O–H groups in total. The molecule has 1 fully saturated rings. The summed E-state index contributed by atoms with van der Waals surface area (Å²) in [6.07, 6.45) is 5.50. The summed E-state index contributed by atoms with van der Waals surface area (Å²) in [6, 6.07) is 4.58. The van der Waals surface area contributed by atoms with Crippen molar-refractivity contribution < 1.29 is 9.50 Å². The van der Waals surface area contributed by atoms with Crippen molar-refractivity contribution in [2.75, 3.05) is 11.9 Å². The van der Waals surface area contributed by atoms with E-state index in [2.05, 4.69) is 5.32 Å². The van der Waals surface area contributed by atoms with Crippen LogP contribution in [0.3, 0.4) is 0 Å². The SMILES string of the molecule is OC(CNc1ccc(Cl)c(F)c1)CC1CCCC1. The molecule has 1 atom stereocenters. The molecule has 1 saturated carbocycles. The fourth-order valence-corrected chi connectivity index (χ4v) is 2.67. The minimum atomic E-state index is -0.438. The van der Waals surface area contributed by atoms with Crippen LogP contribution in [0, 0.1) is 11.7 Å². The third-order valence-corrected chi connectivity index (χ3v) is 3.85. The van der Waals surface area contributed by atoms with E-state index >= 15 is 0 Å². The van der Waals surface area contributed by atoms with E-state index in [1.807, 2.05) is 0 Å². The molecule has 0 spiro atoms. The fourth-order valence-electron chi connectivity index (χ4n) is 2.56. The second-order valence-electron chi connectivity index (χ2n) is 5.05. The second kappa shape index (κ2) is 6.39. The quantitative estimate of drug-likeness (QED) is 0.853. The standard InChI is InChI=1S/C14H19ClFNO/c15-13-6-5-11(8-14(13)16)17-9-12(18)7-10-3-1-2-4-10/h5-6,8,10,12,17-18H,1-4,7,9H2. The number of aliphatic hydroxyl groups excluding tert-OH is 1. The van der Waals surface area contributed by atoms with Crippen molar-refractivity contribution in [1.82, 2.24) is 0 Å². The monoisotopic (exact) mass is 271 g/mol. The van der Waals surface area contributed by atoms with Gasteiger partial charge in [0, 0.05) is 12.2 Å². The molecule has 100 valence electrons. The lowest BCUT2D eigenvalue weighted by atomic mass is 10.00. The molecular weight excluding hydrogens is 253 g/mol. The highest BCUT2D eigenvalue weighted by molar-refractivity contribution is 6.30. The van der Waals surface area contributed by atoms with Gasteiger partial charge < -0.3 is 10.4 Å². The number of rotatable bonds is 5. The summed E-state index contributed by atoms with van der Waals surface area (Å²) >= 11 is 5.60. The molecule has 0 saturated heterocycles. The third-order valence-electron chi connectivity index (χ3n) is 3.54. The van der Waals surface area contributed by atoms with Gasteiger partial charge in [0.1, 0.15) is 5.82 Å². The van der Waals surface area contributed by atoms with Crippen molar-refractivity contribution in [3.63, 3.8) is 0 Å². The van der Waals surface area contributed by atoms with Crippen molar-refractivity contribution >= 4 is 17.3 Å². The Morgan fingerprint density at radius 3 is 2.78 bits per heavy atom. The van der Waals surface area contributed by atoms with E-state index in [1.54, 1.807) is 6.07 Å². The van der Waals surface area contributed by atoms with E-state index in [-0.39, 0.29) is 11.1 Å². The maximum absolute atomic E-state index is 13.2. The highest BCUT2D eigenvalue weighted by Gasteiger charge is 2.18. The molecule has 0 radical (unpaired) electrons. The van der Waals surface area contributed by atoms with E-state index in [0.29, 0.717) is 18.2 Å². The van der Waals surface area contributed by atoms with Crippen LogP contribution in [0.5, 0.6) is 0 Å². The minimum absolute atomic E-state index is 0.118. The Bertz CT molecular complexity index is 393. The van der Waals surface area contributed by atoms with Crippen LogP contribution >= 0.6 is 11.6 Å². The van der Waals surface area contributed by atoms with Crippen molar-refractivity contribution in [3.8, 4) is 0 Å². The van der Waals surface area contributed by atoms with Crippen molar-refractivity contribution in [3.05, 3.63) is 29.0 Å². The zero-order valence-corrected chi connectivity index (χ0v) is 11.1. The third kappa shape index (κ3) is 3.85. The minimum Gasteiger partial charge on any atom is -0.391 e. The summed E-state index contributed by atoms with van der Waals surface area (Å²) in [4.78, 5) is 0. The molecule has 1 aliphatic rings. The summed E-state index contributed by atoms with van der Waals surface area (Å²) in [5.41, 5.74) is 0.655. The lowest BCUT2D eigenvalue weighted by molar-refractivity contribution is 0.155. The summed E-state index contributed by atoms with van der Waals surface area (Å²) in [7, 11) is 0. The summed E-state index contributed by atoms with van der Waals surface area (Å²) < 4.78 is 13.2. The first kappa shape index (κ1) is 13.6. The summed E-state index contributed by atoms with van der Waals surface area (Å²) in [6.45, 7) is 0.456. The van der Waals surface area contributed by atoms with Gasteiger partial charge in [-0.3, -0.25) is 0 Å². The molecular formula is C14H19ClFNO. The Morgan fingerprint density at radius 1 is 1.39 bits per heavy atom. The number of anilines is 1. The topological polar surface area (TPSA) is 32.3 Å². The first-order chi connectivity index (χ1) is 8.65. The van der Waals surface area contributed by atoms with Crippen molar-refractivity contribution in [2.24, 2.45) is 5.92 Å². The van der Waals surface area contributed by atoms with Crippen LogP contribution in [0.2, 0.25) is 5.02 Å². The average molecular weight is 272 g/mol. The van der Waals surface area contributed by atoms with Crippen LogP contribution in [0.15, 0.2) is 18.2 Å². The van der Waals surface area contributed by atoms with Gasteiger partial charge in [0.05, 0.1) is 11.1 Å². The zero-order chi connectivity index (χ0) is 13.0. The predicted octanol–water partition coefficient (Wildman–Crippen LogP) is 3.83. The van der Waals surface area contributed by atoms with Crippen LogP contribution in [-0.2, 0) is 0 Å². The van der Waals surface area contributed by atoms with Gasteiger partial charge in [-0.1, -0.05) is 37.3 Å². The number of benzene rings is 1. The van der Waals surface area contributed by atoms with Gasteiger partial charge in [0.25, 0.3) is 0 Å². The Hall–Kier alpha value is -0.800. The molecule has 0 bridgehead atoms. The van der Waals surface area contributed by atoms with Crippen molar-refractivity contribution in [1.29, 1.82) is 0 Å². The molecule has 1 aromatic rings. The van der Waals surface area contributed by atoms with Gasteiger partial charge in [0.15, 0.2) is 0 Å². The van der Waals surface area contributed by atoms with Gasteiger partial charge in [-0.15, -0.1) is 0 Å². The Labute approximate surface area is 112 Å². The first-order valence-electron chi connectivity index (χ1n) is 6.52. The second-order valence-corrected chi connectivity index (χ2v) is 5.46. The van der Waals surface area contributed by atoms with Crippen molar-refractivity contribution in [2.45, 2.75) is 38.2 Å². The lowest BCUT2D eigenvalue weighted by Crippen LogP contribution is -2.22. The number of hydrogen-bond acceptors (Lipinski definition) is 2. The molecule has 2 nitrogen and oxygen atoms in total. The maximum atomic E-state index is 13.2. The Balaban J connectivity index is 1.77. The van der Waals surface area contributed by atoms with Crippen LogP contribution in [-0.4, -0.2) is 17.8 Å². The van der Waals surface area contributed by atoms with E-state index in [0.717, 1.165) is 6.42 Å². The molecule has 0 aliphatic heterocycles. The van der Waals surface area contributed by atoms with Crippen LogP contribution < -0.4 is 5.32 Å². The van der Waals surface area contributed by atoms with Crippen LogP contribution in [0.25, 0.3) is 0 Å². The maximum Gasteiger partial charge on any atom is 0.143 e. The number of hydrogen-bond donors (Lipinski definition) is 2. The zero-order valence-electron chi connectivity index (χ0n) is 10.3. The van der Waals surface area contributed by atoms with E-state index in [9.17, 15) is 9.50 Å². The molecule has 4 heteroatoms. The predicted molar refractivity (Wildman–Crippen MR) is 72.5 cm³/mol. The molecule has 0 aromatic heterocycles. The van der Waals surface area contributed by atoms with Crippen LogP contribution in [0.1, 0.15) is 32.1 Å². The highest BCUT2D eigenvalue weighted by Crippen LogP contribution is 2.28. The molecule has 2 rings (SSSR count). The molecule has 1 aromatic carbocycles. The van der Waals surface area contributed by atoms with Gasteiger partial charge >= 0.3 is 0 Å². The van der Waals surface area contributed by atoms with Crippen LogP contribution in [0.4, 0.5) is 10.1 Å². The molecule has 1 unspecified atom stereocenters. The molecule has 0 heterocycles. The molecule has 0 amide bonds. The highest BCUT2D eigenvalue weighted by atomic mass is 35.5. The molecule has 1 aliphatic carbocycles. The van der Waals surface area contributed by atoms with E-state index < -0.39 is 5.82 Å². The summed E-state index contributed by atoms with van der Waals surface area (Å²) in [5.74, 6) is 0.218. The van der Waals surface area contributed by atoms with Gasteiger partial charge in [-0.05, 0) is 30.5 Å². The lowest BCUT2D eigenvalue weighted by Gasteiger charge is -2.16. The van der Waals surface area contributed by atoms with E-state index in [1.165, 1.54) is 37.8 Å². The number of aliphatic hydroxyl groups is 1. The number of halogens is 2. The first-order valence-corrected chi connectivity index (χ1v) is 6.90. The Morgan fingerprint density at radius 2 is 2.11 bits per heavy atom. The number of nitrogens with one attached hydrogen (secondary N) is 1. The van der Waals surface area contributed by atoms with Gasteiger partial charge in [-0.25, -0.2) is 4.39 Å². The smallest absolute Gasteiger partial charge is 0.143 e. The normalized spacial score (nSPS) is 17.9. The largest absolute Gasteiger partial charge is 0.391 e. The fraction of sp³-hybridized carbons (Fsp3) is 0.571. The average Bonchev–Trinajstić information content (AvgIpc) is 2.83. The van der Waals surface area contributed by atoms with Gasteiger partial charge in [-0.2, -0.15) is 0 Å². The summed E-state index contributed by atoms with van der Waals surface area (Å²) in [5, 5.41) is 13.1. The van der Waals surface area contributed by atoms with E-state index in [4.69, 9.17) is 11.6 Å². The Kier molecular flexibility index (Phi) is 4.84.